The third kappa shape index (κ3) is 4.63. The molecule has 0 bridgehead atoms. The number of aliphatic imine (C=N–C) groups is 1. The summed E-state index contributed by atoms with van der Waals surface area (Å²) in [4.78, 5) is 10.1. The lowest BCUT2D eigenvalue weighted by Gasteiger charge is -2.30. The molecule has 0 saturated heterocycles. The van der Waals surface area contributed by atoms with Crippen LogP contribution in [0.3, 0.4) is 0 Å². The molecule has 0 aliphatic carbocycles. The van der Waals surface area contributed by atoms with E-state index in [-0.39, 0.29) is 5.82 Å². The zero-order chi connectivity index (χ0) is 20.0. The van der Waals surface area contributed by atoms with Gasteiger partial charge in [-0.1, -0.05) is 12.6 Å². The lowest BCUT2D eigenvalue weighted by Crippen LogP contribution is -2.38. The molecule has 0 aliphatic heterocycles. The van der Waals surface area contributed by atoms with E-state index in [4.69, 9.17) is 9.47 Å². The number of rotatable bonds is 7. The third-order valence-corrected chi connectivity index (χ3v) is 4.07. The van der Waals surface area contributed by atoms with Gasteiger partial charge in [0, 0.05) is 25.0 Å². The first-order valence-electron chi connectivity index (χ1n) is 7.89. The number of pyridine rings is 1. The molecule has 9 heteroatoms. The summed E-state index contributed by atoms with van der Waals surface area (Å²) in [6, 6.07) is 7.16. The van der Waals surface area contributed by atoms with Crippen LogP contribution in [0.25, 0.3) is 0 Å². The first-order chi connectivity index (χ1) is 12.9. The summed E-state index contributed by atoms with van der Waals surface area (Å²) in [6.07, 6.45) is 3.37. The van der Waals surface area contributed by atoms with E-state index in [2.05, 4.69) is 21.3 Å². The molecule has 0 aliphatic rings. The number of anilines is 1. The topological polar surface area (TPSA) is 96.3 Å². The van der Waals surface area contributed by atoms with E-state index in [1.165, 1.54) is 14.2 Å². The van der Waals surface area contributed by atoms with Gasteiger partial charge in [0.1, 0.15) is 28.8 Å². The smallest absolute Gasteiger partial charge is 0.260 e. The van der Waals surface area contributed by atoms with E-state index in [9.17, 15) is 8.76 Å². The lowest BCUT2D eigenvalue weighted by molar-refractivity contribution is 0.396. The van der Waals surface area contributed by atoms with Crippen molar-refractivity contribution >= 4 is 22.8 Å². The number of para-hydroxylation sites is 1. The van der Waals surface area contributed by atoms with Crippen LogP contribution in [0.5, 0.6) is 11.5 Å². The molecule has 1 unspecified atom stereocenters. The molecule has 27 heavy (non-hydrogen) atoms. The number of aromatic nitrogens is 1. The van der Waals surface area contributed by atoms with Crippen LogP contribution < -0.4 is 19.1 Å². The molecule has 1 aromatic heterocycles. The molecule has 8 nitrogen and oxygen atoms in total. The summed E-state index contributed by atoms with van der Waals surface area (Å²) in [6.45, 7) is 5.80. The number of amidine groups is 1. The van der Waals surface area contributed by atoms with Crippen LogP contribution in [0.1, 0.15) is 11.1 Å². The van der Waals surface area contributed by atoms with Crippen molar-refractivity contribution in [2.24, 2.45) is 4.99 Å². The molecule has 1 heterocycles. The van der Waals surface area contributed by atoms with E-state index in [0.29, 0.717) is 28.6 Å². The summed E-state index contributed by atoms with van der Waals surface area (Å²) in [5.74, 6) is 1.50. The van der Waals surface area contributed by atoms with E-state index >= 15 is 0 Å². The number of methoxy groups -OCH3 is 2. The van der Waals surface area contributed by atoms with E-state index in [1.54, 1.807) is 42.5 Å². The normalized spacial score (nSPS) is 12.3. The SMILES string of the molecule is C=C(NS(=O)O)N(C(=NC)c1cncc(C)c1)c1c(OC)cccc1OC. The van der Waals surface area contributed by atoms with E-state index in [0.717, 1.165) is 5.56 Å². The molecule has 0 amide bonds. The Morgan fingerprint density at radius 1 is 1.30 bits per heavy atom. The predicted molar refractivity (Wildman–Crippen MR) is 107 cm³/mol. The van der Waals surface area contributed by atoms with Crippen molar-refractivity contribution in [2.75, 3.05) is 26.2 Å². The van der Waals surface area contributed by atoms with Crippen LogP contribution in [-0.2, 0) is 11.3 Å². The van der Waals surface area contributed by atoms with Crippen molar-refractivity contribution < 1.29 is 18.2 Å². The van der Waals surface area contributed by atoms with E-state index in [1.807, 2.05) is 13.0 Å². The molecule has 1 atom stereocenters. The molecule has 2 aromatic rings. The van der Waals surface area contributed by atoms with Crippen molar-refractivity contribution in [3.63, 3.8) is 0 Å². The van der Waals surface area contributed by atoms with Crippen molar-refractivity contribution in [1.29, 1.82) is 0 Å². The van der Waals surface area contributed by atoms with Gasteiger partial charge in [-0.2, -0.15) is 0 Å². The van der Waals surface area contributed by atoms with Gasteiger partial charge >= 0.3 is 0 Å². The van der Waals surface area contributed by atoms with Gasteiger partial charge in [-0.25, -0.2) is 4.21 Å². The molecule has 0 fully saturated rings. The van der Waals surface area contributed by atoms with Crippen LogP contribution in [0, 0.1) is 6.92 Å². The Labute approximate surface area is 161 Å². The second-order valence-corrected chi connectivity index (χ2v) is 6.15. The highest BCUT2D eigenvalue weighted by Crippen LogP contribution is 2.40. The van der Waals surface area contributed by atoms with Crippen LogP contribution in [-0.4, -0.2) is 40.8 Å². The standard InChI is InChI=1S/C18H22N4O4S/c1-12-9-14(11-20-10-12)18(19-3)22(13(2)21-27(23)24)17-15(25-4)7-6-8-16(17)26-5/h6-11,21H,2H2,1,3-5H3,(H,23,24). The maximum atomic E-state index is 11.4. The number of nitrogens with one attached hydrogen (secondary N) is 1. The van der Waals surface area contributed by atoms with Gasteiger partial charge in [0.25, 0.3) is 11.3 Å². The minimum Gasteiger partial charge on any atom is -0.494 e. The highest BCUT2D eigenvalue weighted by Gasteiger charge is 2.26. The van der Waals surface area contributed by atoms with Crippen LogP contribution in [0.15, 0.2) is 54.1 Å². The molecule has 2 N–H and O–H groups in total. The molecular weight excluding hydrogens is 368 g/mol. The van der Waals surface area contributed by atoms with Gasteiger partial charge in [-0.05, 0) is 30.7 Å². The summed E-state index contributed by atoms with van der Waals surface area (Å²) in [7, 11) is 4.65. The van der Waals surface area contributed by atoms with Gasteiger partial charge in [0.05, 0.1) is 14.2 Å². The number of benzene rings is 1. The van der Waals surface area contributed by atoms with Gasteiger partial charge < -0.3 is 9.47 Å². The molecule has 1 aromatic carbocycles. The molecular formula is C18H22N4O4S. The average Bonchev–Trinajstić information content (AvgIpc) is 2.64. The van der Waals surface area contributed by atoms with Crippen LogP contribution in [0.2, 0.25) is 0 Å². The highest BCUT2D eigenvalue weighted by atomic mass is 32.2. The second kappa shape index (κ2) is 9.15. The summed E-state index contributed by atoms with van der Waals surface area (Å²) in [5.41, 5.74) is 2.11. The number of ether oxygens (including phenoxy) is 2. The largest absolute Gasteiger partial charge is 0.494 e. The van der Waals surface area contributed by atoms with Crippen LogP contribution >= 0.6 is 0 Å². The third-order valence-electron chi connectivity index (χ3n) is 3.66. The van der Waals surface area contributed by atoms with Gasteiger partial charge in [0.2, 0.25) is 0 Å². The van der Waals surface area contributed by atoms with Crippen molar-refractivity contribution in [2.45, 2.75) is 6.92 Å². The molecule has 0 radical (unpaired) electrons. The lowest BCUT2D eigenvalue weighted by atomic mass is 10.1. The highest BCUT2D eigenvalue weighted by molar-refractivity contribution is 7.77. The summed E-state index contributed by atoms with van der Waals surface area (Å²) in [5, 5.41) is 0. The zero-order valence-electron chi connectivity index (χ0n) is 15.6. The number of hydrogen-bond donors (Lipinski definition) is 2. The number of nitrogens with zero attached hydrogens (tertiary/aromatic N) is 3. The Morgan fingerprint density at radius 3 is 2.41 bits per heavy atom. The van der Waals surface area contributed by atoms with Crippen molar-refractivity contribution in [3.05, 3.63) is 60.2 Å². The quantitative estimate of drug-likeness (QED) is 0.428. The monoisotopic (exact) mass is 390 g/mol. The molecule has 0 saturated carbocycles. The van der Waals surface area contributed by atoms with Gasteiger partial charge in [0.15, 0.2) is 0 Å². The Bertz CT molecular complexity index is 863. The number of aryl methyl sites for hydroxylation is 1. The maximum absolute atomic E-state index is 11.4. The Kier molecular flexibility index (Phi) is 6.91. The fourth-order valence-electron chi connectivity index (χ4n) is 2.60. The first-order valence-corrected chi connectivity index (χ1v) is 9.00. The van der Waals surface area contributed by atoms with Crippen molar-refractivity contribution in [1.82, 2.24) is 9.71 Å². The van der Waals surface area contributed by atoms with E-state index < -0.39 is 11.3 Å². The first kappa shape index (κ1) is 20.4. The summed E-state index contributed by atoms with van der Waals surface area (Å²) < 4.78 is 34.0. The molecule has 0 spiro atoms. The second-order valence-electron chi connectivity index (χ2n) is 5.44. The predicted octanol–water partition coefficient (Wildman–Crippen LogP) is 2.49. The Morgan fingerprint density at radius 2 is 1.93 bits per heavy atom. The number of hydrogen-bond acceptors (Lipinski definition) is 5. The fourth-order valence-corrected chi connectivity index (χ4v) is 2.90. The average molecular weight is 390 g/mol. The van der Waals surface area contributed by atoms with Gasteiger partial charge in [-0.15, -0.1) is 0 Å². The van der Waals surface area contributed by atoms with Crippen molar-refractivity contribution in [3.8, 4) is 11.5 Å². The Balaban J connectivity index is 2.73. The summed E-state index contributed by atoms with van der Waals surface area (Å²) >= 11 is -2.33. The Hall–Kier alpha value is -2.91. The van der Waals surface area contributed by atoms with Gasteiger partial charge in [-0.3, -0.25) is 24.2 Å². The minimum absolute atomic E-state index is 0.112. The van der Waals surface area contributed by atoms with Crippen LogP contribution in [0.4, 0.5) is 5.69 Å². The maximum Gasteiger partial charge on any atom is 0.260 e. The fraction of sp³-hybridized carbons (Fsp3) is 0.222. The minimum atomic E-state index is -2.33. The molecule has 144 valence electrons. The zero-order valence-corrected chi connectivity index (χ0v) is 16.4. The molecule has 2 rings (SSSR count).